The molecule has 2 aliphatic heterocycles. The minimum absolute atomic E-state index is 0.0243. The van der Waals surface area contributed by atoms with Crippen LogP contribution in [-0.2, 0) is 4.79 Å². The summed E-state index contributed by atoms with van der Waals surface area (Å²) in [7, 11) is 0. The first-order valence-electron chi connectivity index (χ1n) is 15.0. The van der Waals surface area contributed by atoms with Crippen molar-refractivity contribution in [3.05, 3.63) is 98.8 Å². The molecule has 6 nitrogen and oxygen atoms in total. The number of hydrogen-bond acceptors (Lipinski definition) is 4. The smallest absolute Gasteiger partial charge is 0.326 e. The highest BCUT2D eigenvalue weighted by Crippen LogP contribution is 2.46. The van der Waals surface area contributed by atoms with E-state index in [1.54, 1.807) is 12.1 Å². The van der Waals surface area contributed by atoms with Crippen molar-refractivity contribution in [2.75, 3.05) is 26.2 Å². The third kappa shape index (κ3) is 6.69. The maximum atomic E-state index is 15.3. The topological polar surface area (TPSA) is 70.1 Å². The van der Waals surface area contributed by atoms with E-state index in [-0.39, 0.29) is 17.5 Å². The van der Waals surface area contributed by atoms with Crippen LogP contribution in [0.15, 0.2) is 60.7 Å². The van der Waals surface area contributed by atoms with Crippen molar-refractivity contribution in [1.29, 1.82) is 0 Å². The van der Waals surface area contributed by atoms with Crippen molar-refractivity contribution in [2.45, 2.75) is 56.5 Å². The van der Waals surface area contributed by atoms with Gasteiger partial charge in [0.2, 0.25) is 0 Å². The van der Waals surface area contributed by atoms with Crippen molar-refractivity contribution in [3.63, 3.8) is 0 Å². The number of benzene rings is 3. The van der Waals surface area contributed by atoms with Gasteiger partial charge >= 0.3 is 5.97 Å². The maximum absolute atomic E-state index is 15.3. The number of piperidine rings is 1. The fraction of sp³-hybridized carbons (Fsp3) is 0.412. The van der Waals surface area contributed by atoms with Gasteiger partial charge in [-0.1, -0.05) is 53.5 Å². The van der Waals surface area contributed by atoms with Gasteiger partial charge in [0, 0.05) is 22.7 Å². The molecule has 0 spiro atoms. The number of hydrogen-bond donors (Lipinski definition) is 1. The fourth-order valence-electron chi connectivity index (χ4n) is 6.56. The molecule has 3 aromatic rings. The van der Waals surface area contributed by atoms with Crippen LogP contribution in [0.1, 0.15) is 77.5 Å². The number of amides is 1. The minimum Gasteiger partial charge on any atom is -0.493 e. The van der Waals surface area contributed by atoms with E-state index in [4.69, 9.17) is 27.9 Å². The van der Waals surface area contributed by atoms with Gasteiger partial charge in [0.15, 0.2) is 0 Å². The number of ether oxygens (including phenoxy) is 1. The zero-order chi connectivity index (χ0) is 30.1. The van der Waals surface area contributed by atoms with E-state index in [0.29, 0.717) is 47.7 Å². The SMILES string of the molecule is O=C(O)[C@@H]1CCCN1C(=O)c1cc(C2CC2)c(OCC2CCN(C(c3ccccc3)c3cc(Cl)cc(Cl)c3)CC2)cc1F. The molecular formula is C34H35Cl2FN2O4. The van der Waals surface area contributed by atoms with Gasteiger partial charge in [-0.25, -0.2) is 9.18 Å². The van der Waals surface area contributed by atoms with Crippen LogP contribution in [-0.4, -0.2) is 59.1 Å². The van der Waals surface area contributed by atoms with Crippen LogP contribution >= 0.6 is 23.2 Å². The molecule has 2 atom stereocenters. The quantitative estimate of drug-likeness (QED) is 0.266. The van der Waals surface area contributed by atoms with E-state index >= 15 is 4.39 Å². The molecule has 3 aliphatic rings. The lowest BCUT2D eigenvalue weighted by molar-refractivity contribution is -0.141. The van der Waals surface area contributed by atoms with E-state index in [1.165, 1.54) is 16.5 Å². The molecule has 0 aromatic heterocycles. The van der Waals surface area contributed by atoms with Gasteiger partial charge in [0.05, 0.1) is 18.2 Å². The monoisotopic (exact) mass is 624 g/mol. The molecule has 6 rings (SSSR count). The van der Waals surface area contributed by atoms with Gasteiger partial charge in [0.1, 0.15) is 17.6 Å². The zero-order valence-electron chi connectivity index (χ0n) is 23.9. The molecule has 43 heavy (non-hydrogen) atoms. The van der Waals surface area contributed by atoms with Crippen LogP contribution in [0.4, 0.5) is 4.39 Å². The fourth-order valence-corrected chi connectivity index (χ4v) is 7.11. The Kier molecular flexibility index (Phi) is 8.94. The summed E-state index contributed by atoms with van der Waals surface area (Å²) < 4.78 is 21.6. The second-order valence-electron chi connectivity index (χ2n) is 11.9. The highest BCUT2D eigenvalue weighted by Gasteiger charge is 2.37. The predicted molar refractivity (Wildman–Crippen MR) is 165 cm³/mol. The number of carboxylic acids is 1. The van der Waals surface area contributed by atoms with Crippen molar-refractivity contribution in [1.82, 2.24) is 9.80 Å². The van der Waals surface area contributed by atoms with Crippen LogP contribution in [0, 0.1) is 11.7 Å². The molecule has 1 unspecified atom stereocenters. The number of nitrogens with zero attached hydrogens (tertiary/aromatic N) is 2. The van der Waals surface area contributed by atoms with Crippen LogP contribution in [0.2, 0.25) is 10.0 Å². The van der Waals surface area contributed by atoms with E-state index in [2.05, 4.69) is 17.0 Å². The van der Waals surface area contributed by atoms with Gasteiger partial charge < -0.3 is 14.7 Å². The van der Waals surface area contributed by atoms with E-state index in [9.17, 15) is 14.7 Å². The van der Waals surface area contributed by atoms with Gasteiger partial charge in [-0.3, -0.25) is 9.69 Å². The lowest BCUT2D eigenvalue weighted by atomic mass is 9.91. The molecule has 0 radical (unpaired) electrons. The molecule has 1 aliphatic carbocycles. The zero-order valence-corrected chi connectivity index (χ0v) is 25.4. The molecule has 3 fully saturated rings. The Morgan fingerprint density at radius 2 is 1.60 bits per heavy atom. The molecular weight excluding hydrogens is 590 g/mol. The summed E-state index contributed by atoms with van der Waals surface area (Å²) in [4.78, 5) is 28.5. The van der Waals surface area contributed by atoms with Crippen LogP contribution in [0.3, 0.4) is 0 Å². The molecule has 226 valence electrons. The van der Waals surface area contributed by atoms with Gasteiger partial charge in [-0.2, -0.15) is 0 Å². The number of likely N-dealkylation sites (tertiary alicyclic amines) is 2. The predicted octanol–water partition coefficient (Wildman–Crippen LogP) is 7.58. The maximum Gasteiger partial charge on any atom is 0.326 e. The Bertz CT molecular complexity index is 1470. The first-order chi connectivity index (χ1) is 20.8. The summed E-state index contributed by atoms with van der Waals surface area (Å²) in [6.45, 7) is 2.50. The van der Waals surface area contributed by atoms with Gasteiger partial charge in [-0.15, -0.1) is 0 Å². The second-order valence-corrected chi connectivity index (χ2v) is 12.8. The lowest BCUT2D eigenvalue weighted by Gasteiger charge is -2.38. The highest BCUT2D eigenvalue weighted by atomic mass is 35.5. The summed E-state index contributed by atoms with van der Waals surface area (Å²) in [5.41, 5.74) is 3.01. The average Bonchev–Trinajstić information content (AvgIpc) is 3.71. The largest absolute Gasteiger partial charge is 0.493 e. The van der Waals surface area contributed by atoms with Crippen LogP contribution < -0.4 is 4.74 Å². The molecule has 3 aromatic carbocycles. The average molecular weight is 626 g/mol. The summed E-state index contributed by atoms with van der Waals surface area (Å²) in [6, 6.07) is 18.1. The molecule has 2 heterocycles. The first kappa shape index (κ1) is 29.9. The first-order valence-corrected chi connectivity index (χ1v) is 15.8. The Balaban J connectivity index is 1.14. The van der Waals surface area contributed by atoms with E-state index < -0.39 is 23.7 Å². The molecule has 1 amide bonds. The Hall–Kier alpha value is -3.13. The Morgan fingerprint density at radius 1 is 0.907 bits per heavy atom. The molecule has 2 saturated heterocycles. The number of halogens is 3. The van der Waals surface area contributed by atoms with Crippen molar-refractivity contribution < 1.29 is 23.8 Å². The van der Waals surface area contributed by atoms with Crippen molar-refractivity contribution >= 4 is 35.1 Å². The van der Waals surface area contributed by atoms with Crippen molar-refractivity contribution in [3.8, 4) is 5.75 Å². The third-order valence-electron chi connectivity index (χ3n) is 8.95. The van der Waals surface area contributed by atoms with Crippen LogP contribution in [0.5, 0.6) is 5.75 Å². The van der Waals surface area contributed by atoms with Gasteiger partial charge in [-0.05, 0) is 104 Å². The summed E-state index contributed by atoms with van der Waals surface area (Å²) >= 11 is 12.8. The summed E-state index contributed by atoms with van der Waals surface area (Å²) in [5, 5.41) is 10.7. The molecule has 0 bridgehead atoms. The number of carbonyl (C=O) groups excluding carboxylic acids is 1. The Labute approximate surface area is 261 Å². The summed E-state index contributed by atoms with van der Waals surface area (Å²) in [6.07, 6.45) is 4.74. The normalized spacial score (nSPS) is 20.3. The van der Waals surface area contributed by atoms with E-state index in [0.717, 1.165) is 49.9 Å². The number of carbonyl (C=O) groups is 2. The van der Waals surface area contributed by atoms with E-state index in [1.807, 2.05) is 30.3 Å². The number of carboxylic acid groups (broad SMARTS) is 1. The molecule has 9 heteroatoms. The number of aliphatic carboxylic acids is 1. The second kappa shape index (κ2) is 12.8. The standard InChI is InChI=1S/C34H35Cl2FN2O4/c35-25-15-24(16-26(36)17-25)32(23-5-2-1-3-6-23)38-13-10-21(11-14-38)20-43-31-19-29(37)28(18-27(31)22-8-9-22)33(40)39-12-4-7-30(39)34(41)42/h1-3,5-6,15-19,21-22,30,32H,4,7-14,20H2,(H,41,42)/t30-,32?/m0/s1. The summed E-state index contributed by atoms with van der Waals surface area (Å²) in [5.74, 6) is -1.25. The molecule has 1 saturated carbocycles. The Morgan fingerprint density at radius 3 is 2.26 bits per heavy atom. The van der Waals surface area contributed by atoms with Crippen LogP contribution in [0.25, 0.3) is 0 Å². The number of rotatable bonds is 9. The van der Waals surface area contributed by atoms with Crippen molar-refractivity contribution in [2.24, 2.45) is 5.92 Å². The molecule has 1 N–H and O–H groups in total. The lowest BCUT2D eigenvalue weighted by Crippen LogP contribution is -2.40. The highest BCUT2D eigenvalue weighted by molar-refractivity contribution is 6.34. The minimum atomic E-state index is -1.05. The van der Waals surface area contributed by atoms with Gasteiger partial charge in [0.25, 0.3) is 5.91 Å². The third-order valence-corrected chi connectivity index (χ3v) is 9.39.